The molecule has 0 saturated carbocycles. The van der Waals surface area contributed by atoms with Gasteiger partial charge in [0.2, 0.25) is 0 Å². The van der Waals surface area contributed by atoms with Crippen LogP contribution in [0.2, 0.25) is 0 Å². The number of rotatable bonds is 5. The molecule has 2 heterocycles. The topological polar surface area (TPSA) is 184 Å². The number of hydroxylamine groups is 2. The average molecular weight is 451 g/mol. The Morgan fingerprint density at radius 3 is 2.40 bits per heavy atom. The summed E-state index contributed by atoms with van der Waals surface area (Å²) in [5, 5.41) is 2.82. The largest absolute Gasteiger partial charge is 0.444 e. The van der Waals surface area contributed by atoms with Crippen LogP contribution in [-0.2, 0) is 29.0 Å². The lowest BCUT2D eigenvalue weighted by Gasteiger charge is -2.29. The van der Waals surface area contributed by atoms with Crippen molar-refractivity contribution in [3.05, 3.63) is 0 Å². The first-order valence-corrected chi connectivity index (χ1v) is 10.4. The van der Waals surface area contributed by atoms with Crippen LogP contribution in [0.25, 0.3) is 0 Å². The first kappa shape index (κ1) is 23.6. The maximum absolute atomic E-state index is 12.4. The van der Waals surface area contributed by atoms with Gasteiger partial charge in [-0.25, -0.2) is 9.59 Å². The van der Waals surface area contributed by atoms with Gasteiger partial charge >= 0.3 is 22.5 Å². The number of hydrazine groups is 1. The Morgan fingerprint density at radius 1 is 1.20 bits per heavy atom. The molecule has 14 nitrogen and oxygen atoms in total. The van der Waals surface area contributed by atoms with Crippen LogP contribution in [0.3, 0.4) is 0 Å². The summed E-state index contributed by atoms with van der Waals surface area (Å²) in [6.07, 6.45) is -0.397. The van der Waals surface area contributed by atoms with E-state index in [1.54, 1.807) is 20.8 Å². The lowest BCUT2D eigenvalue weighted by Crippen LogP contribution is -2.57. The van der Waals surface area contributed by atoms with Gasteiger partial charge in [-0.05, 0) is 40.5 Å². The van der Waals surface area contributed by atoms with E-state index < -0.39 is 58.1 Å². The second kappa shape index (κ2) is 8.61. The number of ether oxygens (including phenoxy) is 1. The zero-order chi connectivity index (χ0) is 22.9. The molecule has 1 unspecified atom stereocenters. The molecule has 2 fully saturated rings. The van der Waals surface area contributed by atoms with Gasteiger partial charge in [0.1, 0.15) is 17.7 Å². The molecule has 0 spiro atoms. The van der Waals surface area contributed by atoms with Crippen molar-refractivity contribution in [3.63, 3.8) is 0 Å². The van der Waals surface area contributed by atoms with Crippen molar-refractivity contribution in [1.29, 1.82) is 0 Å². The van der Waals surface area contributed by atoms with Crippen LogP contribution in [0.4, 0.5) is 9.59 Å². The van der Waals surface area contributed by atoms with Crippen LogP contribution in [0, 0.1) is 0 Å². The van der Waals surface area contributed by atoms with Crippen LogP contribution in [0.5, 0.6) is 0 Å². The number of alkyl carbamates (subject to hydrolysis) is 1. The molecule has 0 aliphatic carbocycles. The van der Waals surface area contributed by atoms with E-state index in [1.165, 1.54) is 6.92 Å². The number of piperidine rings is 1. The summed E-state index contributed by atoms with van der Waals surface area (Å²) in [6, 6.07) is -3.56. The molecule has 2 rings (SSSR count). The molecule has 5 amide bonds. The van der Waals surface area contributed by atoms with Crippen LogP contribution >= 0.6 is 0 Å². The number of carbonyl (C=O) groups excluding carboxylic acids is 4. The first-order chi connectivity index (χ1) is 13.7. The van der Waals surface area contributed by atoms with E-state index in [9.17, 15) is 27.6 Å². The third-order valence-electron chi connectivity index (χ3n) is 4.24. The first-order valence-electron chi connectivity index (χ1n) is 9.04. The van der Waals surface area contributed by atoms with Crippen molar-refractivity contribution in [2.45, 2.75) is 64.3 Å². The second-order valence-corrected chi connectivity index (χ2v) is 8.86. The Labute approximate surface area is 173 Å². The molecule has 170 valence electrons. The Bertz CT molecular complexity index is 825. The average Bonchev–Trinajstić information content (AvgIpc) is 2.81. The molecule has 0 aromatic rings. The molecule has 15 heteroatoms. The highest BCUT2D eigenvalue weighted by Crippen LogP contribution is 2.30. The zero-order valence-electron chi connectivity index (χ0n) is 16.9. The van der Waals surface area contributed by atoms with E-state index in [0.717, 1.165) is 4.90 Å². The zero-order valence-corrected chi connectivity index (χ0v) is 17.7. The van der Waals surface area contributed by atoms with Crippen LogP contribution in [-0.4, -0.2) is 77.1 Å². The molecule has 2 aliphatic heterocycles. The fourth-order valence-electron chi connectivity index (χ4n) is 2.97. The molecule has 2 aliphatic rings. The predicted octanol–water partition coefficient (Wildman–Crippen LogP) is -0.950. The van der Waals surface area contributed by atoms with Gasteiger partial charge in [-0.15, -0.1) is 4.28 Å². The molecule has 2 saturated heterocycles. The van der Waals surface area contributed by atoms with Gasteiger partial charge < -0.3 is 15.0 Å². The third-order valence-corrected chi connectivity index (χ3v) is 4.58. The molecule has 0 aromatic heterocycles. The van der Waals surface area contributed by atoms with E-state index in [2.05, 4.69) is 20.5 Å². The standard InChI is InChI=1S/C15H25N5O9S/c1-8(16-13(23)28-15(2,3)4)11(21)17-18-12(22)10-6-5-9-7-19(10)14(24)20(9)29-30(25,26)27/h8-10H,5-7H2,1-4H3,(H,16,23)(H,17,21)(H,18,22)(H,25,26,27)/t8-,9?,10+/m1/s1. The highest BCUT2D eigenvalue weighted by molar-refractivity contribution is 7.80. The van der Waals surface area contributed by atoms with Crippen molar-refractivity contribution in [1.82, 2.24) is 26.1 Å². The van der Waals surface area contributed by atoms with Gasteiger partial charge in [-0.2, -0.15) is 13.5 Å². The van der Waals surface area contributed by atoms with E-state index in [4.69, 9.17) is 9.29 Å². The highest BCUT2D eigenvalue weighted by atomic mass is 32.3. The minimum Gasteiger partial charge on any atom is -0.444 e. The fraction of sp³-hybridized carbons (Fsp3) is 0.733. The summed E-state index contributed by atoms with van der Waals surface area (Å²) in [5.41, 5.74) is 3.56. The Hall–Kier alpha value is -2.65. The van der Waals surface area contributed by atoms with Gasteiger partial charge in [0.05, 0.1) is 6.04 Å². The summed E-state index contributed by atoms with van der Waals surface area (Å²) >= 11 is 0. The molecule has 30 heavy (non-hydrogen) atoms. The van der Waals surface area contributed by atoms with Gasteiger partial charge in [-0.3, -0.25) is 25.0 Å². The Morgan fingerprint density at radius 2 is 1.83 bits per heavy atom. The molecule has 4 N–H and O–H groups in total. The normalized spacial score (nSPS) is 22.4. The molecule has 3 atom stereocenters. The van der Waals surface area contributed by atoms with Crippen molar-refractivity contribution in [2.75, 3.05) is 6.54 Å². The number of nitrogens with one attached hydrogen (secondary N) is 3. The lowest BCUT2D eigenvalue weighted by molar-refractivity contribution is -0.132. The van der Waals surface area contributed by atoms with Crippen molar-refractivity contribution in [2.24, 2.45) is 0 Å². The summed E-state index contributed by atoms with van der Waals surface area (Å²) < 4.78 is 39.9. The summed E-state index contributed by atoms with van der Waals surface area (Å²) in [4.78, 5) is 49.5. The number of urea groups is 1. The van der Waals surface area contributed by atoms with Crippen molar-refractivity contribution < 1.29 is 41.2 Å². The van der Waals surface area contributed by atoms with Crippen LogP contribution < -0.4 is 16.2 Å². The molecule has 0 radical (unpaired) electrons. The van der Waals surface area contributed by atoms with Crippen LogP contribution in [0.1, 0.15) is 40.5 Å². The number of nitrogens with zero attached hydrogens (tertiary/aromatic N) is 2. The summed E-state index contributed by atoms with van der Waals surface area (Å²) in [5.74, 6) is -1.44. The van der Waals surface area contributed by atoms with E-state index in [0.29, 0.717) is 5.06 Å². The van der Waals surface area contributed by atoms with E-state index in [1.807, 2.05) is 0 Å². The maximum Gasteiger partial charge on any atom is 0.418 e. The number of fused-ring (bicyclic) bond motifs is 2. The molecular formula is C15H25N5O9S. The summed E-state index contributed by atoms with van der Waals surface area (Å²) in [6.45, 7) is 6.37. The number of amides is 5. The van der Waals surface area contributed by atoms with Crippen molar-refractivity contribution in [3.8, 4) is 0 Å². The smallest absolute Gasteiger partial charge is 0.418 e. The Balaban J connectivity index is 1.87. The van der Waals surface area contributed by atoms with E-state index in [-0.39, 0.29) is 19.4 Å². The highest BCUT2D eigenvalue weighted by Gasteiger charge is 2.49. The van der Waals surface area contributed by atoms with Crippen molar-refractivity contribution >= 4 is 34.3 Å². The SMILES string of the molecule is C[C@@H](NC(=O)OC(C)(C)C)C(=O)NNC(=O)[C@@H]1CCC2CN1C(=O)N2OS(=O)(=O)O. The predicted molar refractivity (Wildman–Crippen MR) is 98.5 cm³/mol. The number of hydrogen-bond donors (Lipinski definition) is 4. The third kappa shape index (κ3) is 6.17. The van der Waals surface area contributed by atoms with Gasteiger partial charge in [0.15, 0.2) is 0 Å². The molecule has 2 bridgehead atoms. The van der Waals surface area contributed by atoms with Crippen LogP contribution in [0.15, 0.2) is 0 Å². The van der Waals surface area contributed by atoms with E-state index >= 15 is 0 Å². The second-order valence-electron chi connectivity index (χ2n) is 7.86. The summed E-state index contributed by atoms with van der Waals surface area (Å²) in [7, 11) is -4.89. The minimum absolute atomic E-state index is 0.0109. The quantitative estimate of drug-likeness (QED) is 0.302. The lowest BCUT2D eigenvalue weighted by atomic mass is 10.0. The monoisotopic (exact) mass is 451 g/mol. The minimum atomic E-state index is -4.89. The molecular weight excluding hydrogens is 426 g/mol. The molecule has 0 aromatic carbocycles. The van der Waals surface area contributed by atoms with Gasteiger partial charge in [0, 0.05) is 6.54 Å². The van der Waals surface area contributed by atoms with Gasteiger partial charge in [0.25, 0.3) is 11.8 Å². The fourth-order valence-corrected chi connectivity index (χ4v) is 3.36. The number of hydrogen-bond acceptors (Lipinski definition) is 8. The number of carbonyl (C=O) groups is 4. The van der Waals surface area contributed by atoms with Gasteiger partial charge in [-0.1, -0.05) is 0 Å². The Kier molecular flexibility index (Phi) is 6.78. The maximum atomic E-state index is 12.4.